The Hall–Kier alpha value is -0.960. The molecule has 1 aromatic rings. The fourth-order valence-electron chi connectivity index (χ4n) is 1.04. The molecule has 0 saturated carbocycles. The van der Waals surface area contributed by atoms with E-state index in [0.717, 1.165) is 5.56 Å². The van der Waals surface area contributed by atoms with Crippen molar-refractivity contribution < 1.29 is 9.84 Å². The molecule has 0 aliphatic carbocycles. The van der Waals surface area contributed by atoms with Crippen molar-refractivity contribution in [2.24, 2.45) is 0 Å². The minimum atomic E-state index is 0.135. The van der Waals surface area contributed by atoms with Crippen LogP contribution in [0.2, 0.25) is 0 Å². The van der Waals surface area contributed by atoms with E-state index in [4.69, 9.17) is 4.74 Å². The van der Waals surface area contributed by atoms with Crippen molar-refractivity contribution in [2.45, 2.75) is 6.92 Å². The summed E-state index contributed by atoms with van der Waals surface area (Å²) in [6.07, 6.45) is 3.87. The minimum absolute atomic E-state index is 0.135. The van der Waals surface area contributed by atoms with E-state index in [1.54, 1.807) is 6.07 Å². The molecule has 0 fully saturated rings. The SMILES string of the molecule is CC=Cc1cc(Br)c(O)c(OC)c1. The van der Waals surface area contributed by atoms with E-state index >= 15 is 0 Å². The molecule has 2 nitrogen and oxygen atoms in total. The van der Waals surface area contributed by atoms with Gasteiger partial charge in [0, 0.05) is 0 Å². The van der Waals surface area contributed by atoms with Gasteiger partial charge in [-0.25, -0.2) is 0 Å². The lowest BCUT2D eigenvalue weighted by molar-refractivity contribution is 0.372. The van der Waals surface area contributed by atoms with E-state index in [-0.39, 0.29) is 5.75 Å². The maximum Gasteiger partial charge on any atom is 0.172 e. The average Bonchev–Trinajstić information content (AvgIpc) is 2.11. The van der Waals surface area contributed by atoms with Gasteiger partial charge >= 0.3 is 0 Å². The first kappa shape index (κ1) is 10.1. The molecule has 3 heteroatoms. The molecule has 1 rings (SSSR count). The summed E-state index contributed by atoms with van der Waals surface area (Å²) >= 11 is 3.24. The fourth-order valence-corrected chi connectivity index (χ4v) is 1.50. The molecule has 0 aliphatic heterocycles. The second-order valence-corrected chi connectivity index (χ2v) is 3.41. The molecule has 70 valence electrons. The molecule has 0 saturated heterocycles. The number of aromatic hydroxyl groups is 1. The molecule has 0 spiro atoms. The summed E-state index contributed by atoms with van der Waals surface area (Å²) in [6, 6.07) is 3.61. The number of hydrogen-bond donors (Lipinski definition) is 1. The van der Waals surface area contributed by atoms with Gasteiger partial charge in [0.25, 0.3) is 0 Å². The van der Waals surface area contributed by atoms with Gasteiger partial charge in [0.15, 0.2) is 11.5 Å². The van der Waals surface area contributed by atoms with Gasteiger partial charge < -0.3 is 9.84 Å². The number of hydrogen-bond acceptors (Lipinski definition) is 2. The van der Waals surface area contributed by atoms with Crippen LogP contribution in [0.5, 0.6) is 11.5 Å². The van der Waals surface area contributed by atoms with E-state index in [0.29, 0.717) is 10.2 Å². The van der Waals surface area contributed by atoms with E-state index in [1.807, 2.05) is 25.1 Å². The third-order valence-corrected chi connectivity index (χ3v) is 2.23. The zero-order valence-electron chi connectivity index (χ0n) is 7.54. The zero-order chi connectivity index (χ0) is 9.84. The van der Waals surface area contributed by atoms with Gasteiger partial charge in [-0.2, -0.15) is 0 Å². The zero-order valence-corrected chi connectivity index (χ0v) is 9.13. The number of ether oxygens (including phenoxy) is 1. The Labute approximate surface area is 86.0 Å². The highest BCUT2D eigenvalue weighted by atomic mass is 79.9. The van der Waals surface area contributed by atoms with E-state index < -0.39 is 0 Å². The van der Waals surface area contributed by atoms with Crippen molar-refractivity contribution >= 4 is 22.0 Å². The third-order valence-electron chi connectivity index (χ3n) is 1.63. The van der Waals surface area contributed by atoms with Crippen LogP contribution in [0.1, 0.15) is 12.5 Å². The van der Waals surface area contributed by atoms with Gasteiger partial charge in [0.05, 0.1) is 11.6 Å². The summed E-state index contributed by atoms with van der Waals surface area (Å²) in [7, 11) is 1.53. The van der Waals surface area contributed by atoms with Gasteiger partial charge in [0.1, 0.15) is 0 Å². The normalized spacial score (nSPS) is 10.7. The molecule has 1 N–H and O–H groups in total. The van der Waals surface area contributed by atoms with Gasteiger partial charge in [-0.05, 0) is 40.5 Å². The molecular weight excluding hydrogens is 232 g/mol. The summed E-state index contributed by atoms with van der Waals surface area (Å²) < 4.78 is 5.64. The van der Waals surface area contributed by atoms with Crippen molar-refractivity contribution in [3.05, 3.63) is 28.2 Å². The van der Waals surface area contributed by atoms with Gasteiger partial charge in [-0.1, -0.05) is 12.2 Å². The van der Waals surface area contributed by atoms with E-state index in [1.165, 1.54) is 7.11 Å². The number of allylic oxidation sites excluding steroid dienone is 1. The molecular formula is C10H11BrO2. The van der Waals surface area contributed by atoms with Crippen molar-refractivity contribution in [3.8, 4) is 11.5 Å². The van der Waals surface area contributed by atoms with Crippen LogP contribution in [0, 0.1) is 0 Å². The molecule has 0 aromatic heterocycles. The second-order valence-electron chi connectivity index (χ2n) is 2.55. The standard InChI is InChI=1S/C10H11BrO2/c1-3-4-7-5-8(11)10(12)9(6-7)13-2/h3-6,12H,1-2H3. The number of benzene rings is 1. The summed E-state index contributed by atoms with van der Waals surface area (Å²) in [6.45, 7) is 1.94. The Bertz CT molecular complexity index is 332. The Morgan fingerprint density at radius 3 is 2.69 bits per heavy atom. The summed E-state index contributed by atoms with van der Waals surface area (Å²) in [4.78, 5) is 0. The monoisotopic (exact) mass is 242 g/mol. The third kappa shape index (κ3) is 2.25. The topological polar surface area (TPSA) is 29.5 Å². The van der Waals surface area contributed by atoms with Crippen molar-refractivity contribution in [1.82, 2.24) is 0 Å². The first-order chi connectivity index (χ1) is 6.19. The molecule has 0 heterocycles. The van der Waals surface area contributed by atoms with Crippen LogP contribution < -0.4 is 4.74 Å². The molecule has 0 aliphatic rings. The van der Waals surface area contributed by atoms with Crippen LogP contribution in [0.25, 0.3) is 6.08 Å². The molecule has 1 aromatic carbocycles. The van der Waals surface area contributed by atoms with Crippen molar-refractivity contribution in [2.75, 3.05) is 7.11 Å². The molecule has 0 unspecified atom stereocenters. The van der Waals surface area contributed by atoms with Crippen LogP contribution in [-0.2, 0) is 0 Å². The van der Waals surface area contributed by atoms with Crippen LogP contribution in [0.15, 0.2) is 22.7 Å². The Balaban J connectivity index is 3.21. The van der Waals surface area contributed by atoms with Crippen LogP contribution in [0.4, 0.5) is 0 Å². The maximum atomic E-state index is 9.49. The quantitative estimate of drug-likeness (QED) is 0.864. The van der Waals surface area contributed by atoms with Gasteiger partial charge in [-0.15, -0.1) is 0 Å². The predicted molar refractivity (Wildman–Crippen MR) is 57.1 cm³/mol. The van der Waals surface area contributed by atoms with Gasteiger partial charge in [-0.3, -0.25) is 0 Å². The first-order valence-electron chi connectivity index (χ1n) is 3.88. The second kappa shape index (κ2) is 4.33. The number of rotatable bonds is 2. The number of phenols is 1. The molecule has 13 heavy (non-hydrogen) atoms. The molecule has 0 atom stereocenters. The van der Waals surface area contributed by atoms with Gasteiger partial charge in [0.2, 0.25) is 0 Å². The largest absolute Gasteiger partial charge is 0.503 e. The average molecular weight is 243 g/mol. The number of phenolic OH excluding ortho intramolecular Hbond substituents is 1. The first-order valence-corrected chi connectivity index (χ1v) is 4.67. The molecule has 0 radical (unpaired) electrons. The Kier molecular flexibility index (Phi) is 3.37. The van der Waals surface area contributed by atoms with E-state index in [2.05, 4.69) is 15.9 Å². The minimum Gasteiger partial charge on any atom is -0.503 e. The van der Waals surface area contributed by atoms with Crippen molar-refractivity contribution in [1.29, 1.82) is 0 Å². The summed E-state index contributed by atoms with van der Waals surface area (Å²) in [5.74, 6) is 0.609. The lowest BCUT2D eigenvalue weighted by Gasteiger charge is -2.06. The highest BCUT2D eigenvalue weighted by Gasteiger charge is 2.06. The maximum absolute atomic E-state index is 9.49. The Morgan fingerprint density at radius 1 is 1.46 bits per heavy atom. The highest BCUT2D eigenvalue weighted by Crippen LogP contribution is 2.35. The highest BCUT2D eigenvalue weighted by molar-refractivity contribution is 9.10. The molecule has 0 bridgehead atoms. The lowest BCUT2D eigenvalue weighted by atomic mass is 10.2. The fraction of sp³-hybridized carbons (Fsp3) is 0.200. The number of methoxy groups -OCH3 is 1. The summed E-state index contributed by atoms with van der Waals surface area (Å²) in [5, 5.41) is 9.49. The Morgan fingerprint density at radius 2 is 2.15 bits per heavy atom. The predicted octanol–water partition coefficient (Wildman–Crippen LogP) is 3.20. The summed E-state index contributed by atoms with van der Waals surface area (Å²) in [5.41, 5.74) is 0.990. The van der Waals surface area contributed by atoms with E-state index in [9.17, 15) is 5.11 Å². The van der Waals surface area contributed by atoms with Crippen LogP contribution in [0.3, 0.4) is 0 Å². The lowest BCUT2D eigenvalue weighted by Crippen LogP contribution is -1.85. The van der Waals surface area contributed by atoms with Crippen LogP contribution in [-0.4, -0.2) is 12.2 Å². The molecule has 0 amide bonds. The smallest absolute Gasteiger partial charge is 0.172 e. The number of halogens is 1. The van der Waals surface area contributed by atoms with Crippen molar-refractivity contribution in [3.63, 3.8) is 0 Å². The van der Waals surface area contributed by atoms with Crippen LogP contribution >= 0.6 is 15.9 Å².